The zero-order valence-corrected chi connectivity index (χ0v) is 13.7. The van der Waals surface area contributed by atoms with E-state index in [4.69, 9.17) is 0 Å². The van der Waals surface area contributed by atoms with Crippen molar-refractivity contribution in [3.63, 3.8) is 0 Å². The molecule has 0 spiro atoms. The van der Waals surface area contributed by atoms with Crippen LogP contribution >= 0.6 is 0 Å². The third-order valence-corrected chi connectivity index (χ3v) is 5.30. The van der Waals surface area contributed by atoms with Gasteiger partial charge in [-0.15, -0.1) is 10.2 Å². The standard InChI is InChI=1S/C15H22N8O/c1-23-9-10(6-17-23)11-7-16-8-12(11)13(24)18-15(4-2-3-5-15)14-19-21-22-20-14/h6,9,11-12,16H,2-5,7-8H2,1H3,(H,18,24)(H,19,20,21,22)/t11-,12+/m1/s1. The Balaban J connectivity index is 1.54. The molecule has 1 saturated carbocycles. The lowest BCUT2D eigenvalue weighted by molar-refractivity contribution is -0.127. The van der Waals surface area contributed by atoms with Crippen LogP contribution in [0.25, 0.3) is 0 Å². The predicted octanol–water partition coefficient (Wildman–Crippen LogP) is -0.178. The Kier molecular flexibility index (Phi) is 3.79. The average molecular weight is 330 g/mol. The van der Waals surface area contributed by atoms with Crippen LogP contribution in [0.15, 0.2) is 12.4 Å². The molecule has 9 nitrogen and oxygen atoms in total. The normalized spacial score (nSPS) is 25.9. The Morgan fingerprint density at radius 2 is 2.21 bits per heavy atom. The molecule has 0 radical (unpaired) electrons. The van der Waals surface area contributed by atoms with Crippen molar-refractivity contribution >= 4 is 5.91 Å². The van der Waals surface area contributed by atoms with Gasteiger partial charge in [0, 0.05) is 32.3 Å². The first-order chi connectivity index (χ1) is 11.7. The maximum absolute atomic E-state index is 13.0. The molecule has 2 fully saturated rings. The number of hydrogen-bond donors (Lipinski definition) is 3. The number of aromatic amines is 1. The number of carbonyl (C=O) groups excluding carboxylic acids is 1. The molecule has 24 heavy (non-hydrogen) atoms. The van der Waals surface area contributed by atoms with E-state index in [0.717, 1.165) is 37.8 Å². The van der Waals surface area contributed by atoms with E-state index in [0.29, 0.717) is 12.4 Å². The molecule has 1 amide bonds. The summed E-state index contributed by atoms with van der Waals surface area (Å²) in [6.45, 7) is 1.46. The fraction of sp³-hybridized carbons (Fsp3) is 0.667. The first-order valence-corrected chi connectivity index (χ1v) is 8.43. The maximum Gasteiger partial charge on any atom is 0.225 e. The summed E-state index contributed by atoms with van der Waals surface area (Å²) in [5, 5.41) is 25.3. The Hall–Kier alpha value is -2.29. The topological polar surface area (TPSA) is 113 Å². The van der Waals surface area contributed by atoms with Gasteiger partial charge >= 0.3 is 0 Å². The van der Waals surface area contributed by atoms with Gasteiger partial charge in [0.05, 0.1) is 12.1 Å². The van der Waals surface area contributed by atoms with Crippen LogP contribution in [0.1, 0.15) is 43.0 Å². The lowest BCUT2D eigenvalue weighted by atomic mass is 9.88. The number of nitrogens with zero attached hydrogens (tertiary/aromatic N) is 5. The van der Waals surface area contributed by atoms with E-state index in [1.807, 2.05) is 19.4 Å². The third-order valence-electron chi connectivity index (χ3n) is 5.30. The van der Waals surface area contributed by atoms with Crippen LogP contribution in [0.2, 0.25) is 0 Å². The smallest absolute Gasteiger partial charge is 0.225 e. The highest BCUT2D eigenvalue weighted by molar-refractivity contribution is 5.81. The molecule has 2 aromatic rings. The molecule has 3 N–H and O–H groups in total. The summed E-state index contributed by atoms with van der Waals surface area (Å²) >= 11 is 0. The van der Waals surface area contributed by atoms with Crippen molar-refractivity contribution in [1.82, 2.24) is 41.0 Å². The fourth-order valence-electron chi connectivity index (χ4n) is 4.01. The molecule has 2 atom stereocenters. The third kappa shape index (κ3) is 2.58. The second-order valence-electron chi connectivity index (χ2n) is 6.83. The van der Waals surface area contributed by atoms with Gasteiger partial charge in [0.2, 0.25) is 5.91 Å². The highest BCUT2D eigenvalue weighted by atomic mass is 16.2. The maximum atomic E-state index is 13.0. The lowest BCUT2D eigenvalue weighted by Crippen LogP contribution is -2.48. The molecule has 1 saturated heterocycles. The number of hydrogen-bond acceptors (Lipinski definition) is 6. The molecule has 128 valence electrons. The van der Waals surface area contributed by atoms with Gasteiger partial charge in [0.25, 0.3) is 0 Å². The van der Waals surface area contributed by atoms with Crippen molar-refractivity contribution in [1.29, 1.82) is 0 Å². The van der Waals surface area contributed by atoms with E-state index < -0.39 is 5.54 Å². The first kappa shape index (κ1) is 15.3. The van der Waals surface area contributed by atoms with E-state index in [2.05, 4.69) is 36.4 Å². The van der Waals surface area contributed by atoms with Crippen molar-refractivity contribution < 1.29 is 4.79 Å². The number of tetrazole rings is 1. The Morgan fingerprint density at radius 3 is 2.88 bits per heavy atom. The Bertz CT molecular complexity index is 703. The minimum Gasteiger partial charge on any atom is -0.343 e. The van der Waals surface area contributed by atoms with Crippen molar-refractivity contribution in [3.05, 3.63) is 23.8 Å². The number of amides is 1. The summed E-state index contributed by atoms with van der Waals surface area (Å²) in [6, 6.07) is 0. The molecule has 9 heteroatoms. The Labute approximate surface area is 139 Å². The van der Waals surface area contributed by atoms with Crippen LogP contribution in [-0.4, -0.2) is 49.4 Å². The number of nitrogens with one attached hydrogen (secondary N) is 3. The van der Waals surface area contributed by atoms with E-state index >= 15 is 0 Å². The van der Waals surface area contributed by atoms with Gasteiger partial charge in [-0.1, -0.05) is 18.1 Å². The van der Waals surface area contributed by atoms with Crippen molar-refractivity contribution in [2.24, 2.45) is 13.0 Å². The highest BCUT2D eigenvalue weighted by Crippen LogP contribution is 2.38. The molecule has 4 rings (SSSR count). The number of aromatic nitrogens is 6. The van der Waals surface area contributed by atoms with Gasteiger partial charge in [-0.2, -0.15) is 10.3 Å². The molecule has 1 aliphatic carbocycles. The van der Waals surface area contributed by atoms with E-state index in [1.54, 1.807) is 4.68 Å². The molecule has 0 bridgehead atoms. The van der Waals surface area contributed by atoms with Crippen molar-refractivity contribution in [2.45, 2.75) is 37.1 Å². The second-order valence-corrected chi connectivity index (χ2v) is 6.83. The summed E-state index contributed by atoms with van der Waals surface area (Å²) < 4.78 is 1.78. The van der Waals surface area contributed by atoms with Crippen LogP contribution in [0.4, 0.5) is 0 Å². The zero-order chi connectivity index (χ0) is 16.6. The largest absolute Gasteiger partial charge is 0.343 e. The van der Waals surface area contributed by atoms with Crippen LogP contribution < -0.4 is 10.6 Å². The van der Waals surface area contributed by atoms with E-state index in [9.17, 15) is 4.79 Å². The van der Waals surface area contributed by atoms with Crippen LogP contribution in [0.3, 0.4) is 0 Å². The van der Waals surface area contributed by atoms with Gasteiger partial charge in [-0.25, -0.2) is 0 Å². The van der Waals surface area contributed by atoms with E-state index in [1.165, 1.54) is 0 Å². The predicted molar refractivity (Wildman–Crippen MR) is 84.8 cm³/mol. The second kappa shape index (κ2) is 5.97. The monoisotopic (exact) mass is 330 g/mol. The highest BCUT2D eigenvalue weighted by Gasteiger charge is 2.44. The van der Waals surface area contributed by atoms with Crippen LogP contribution in [0, 0.1) is 5.92 Å². The van der Waals surface area contributed by atoms with Crippen LogP contribution in [-0.2, 0) is 17.4 Å². The summed E-state index contributed by atoms with van der Waals surface area (Å²) in [5.74, 6) is 0.679. The molecule has 0 unspecified atom stereocenters. The molecule has 2 aliphatic rings. The quantitative estimate of drug-likeness (QED) is 0.717. The minimum absolute atomic E-state index is 0.0561. The molecular formula is C15H22N8O. The van der Waals surface area contributed by atoms with Gasteiger partial charge < -0.3 is 10.6 Å². The van der Waals surface area contributed by atoms with Crippen LogP contribution in [0.5, 0.6) is 0 Å². The lowest BCUT2D eigenvalue weighted by Gasteiger charge is -2.29. The van der Waals surface area contributed by atoms with Gasteiger partial charge in [-0.05, 0) is 18.4 Å². The summed E-state index contributed by atoms with van der Waals surface area (Å²) in [5.41, 5.74) is 0.620. The van der Waals surface area contributed by atoms with E-state index in [-0.39, 0.29) is 17.7 Å². The number of rotatable bonds is 4. The number of carbonyl (C=O) groups is 1. The first-order valence-electron chi connectivity index (χ1n) is 8.43. The van der Waals surface area contributed by atoms with Crippen molar-refractivity contribution in [2.75, 3.05) is 13.1 Å². The minimum atomic E-state index is -0.480. The number of H-pyrrole nitrogens is 1. The average Bonchev–Trinajstić information content (AvgIpc) is 3.34. The Morgan fingerprint density at radius 1 is 1.38 bits per heavy atom. The summed E-state index contributed by atoms with van der Waals surface area (Å²) in [4.78, 5) is 13.0. The van der Waals surface area contributed by atoms with Gasteiger partial charge in [0.1, 0.15) is 5.54 Å². The van der Waals surface area contributed by atoms with Gasteiger partial charge in [0.15, 0.2) is 5.82 Å². The SMILES string of the molecule is Cn1cc([C@H]2CNC[C@@H]2C(=O)NC2(c3nn[nH]n3)CCCC2)cn1. The molecule has 1 aliphatic heterocycles. The molecule has 2 aromatic heterocycles. The summed E-state index contributed by atoms with van der Waals surface area (Å²) in [7, 11) is 1.89. The molecular weight excluding hydrogens is 308 g/mol. The fourth-order valence-corrected chi connectivity index (χ4v) is 4.01. The molecule has 0 aromatic carbocycles. The number of aryl methyl sites for hydroxylation is 1. The zero-order valence-electron chi connectivity index (χ0n) is 13.7. The summed E-state index contributed by atoms with van der Waals surface area (Å²) in [6.07, 6.45) is 7.67. The van der Waals surface area contributed by atoms with Gasteiger partial charge in [-0.3, -0.25) is 9.48 Å². The van der Waals surface area contributed by atoms with Crippen molar-refractivity contribution in [3.8, 4) is 0 Å². The molecule has 3 heterocycles.